The maximum absolute atomic E-state index is 12.3. The molecule has 6 nitrogen and oxygen atoms in total. The fourth-order valence-electron chi connectivity index (χ4n) is 2.67. The topological polar surface area (TPSA) is 69.0 Å². The summed E-state index contributed by atoms with van der Waals surface area (Å²) in [5.74, 6) is 1.64. The first-order valence-electron chi connectivity index (χ1n) is 8.75. The molecule has 0 aliphatic rings. The number of carbonyl (C=O) groups excluding carboxylic acids is 1. The van der Waals surface area contributed by atoms with Crippen molar-refractivity contribution >= 4 is 35.0 Å². The van der Waals surface area contributed by atoms with Gasteiger partial charge < -0.3 is 10.1 Å². The van der Waals surface area contributed by atoms with Crippen molar-refractivity contribution in [1.29, 1.82) is 0 Å². The average molecular weight is 417 g/mol. The molecule has 1 N–H and O–H groups in total. The van der Waals surface area contributed by atoms with Crippen molar-refractivity contribution in [3.8, 4) is 17.1 Å². The summed E-state index contributed by atoms with van der Waals surface area (Å²) < 4.78 is 7.24. The van der Waals surface area contributed by atoms with Crippen LogP contribution in [-0.4, -0.2) is 33.5 Å². The van der Waals surface area contributed by atoms with Gasteiger partial charge in [0, 0.05) is 22.3 Å². The van der Waals surface area contributed by atoms with E-state index < -0.39 is 0 Å². The number of benzene rings is 2. The van der Waals surface area contributed by atoms with Gasteiger partial charge in [-0.3, -0.25) is 9.36 Å². The van der Waals surface area contributed by atoms with Gasteiger partial charge in [-0.1, -0.05) is 29.4 Å². The van der Waals surface area contributed by atoms with Crippen LogP contribution in [0.5, 0.6) is 5.75 Å². The molecule has 0 saturated carbocycles. The summed E-state index contributed by atoms with van der Waals surface area (Å²) in [5, 5.41) is 12.7. The van der Waals surface area contributed by atoms with Gasteiger partial charge >= 0.3 is 0 Å². The van der Waals surface area contributed by atoms with Gasteiger partial charge in [0.25, 0.3) is 0 Å². The van der Waals surface area contributed by atoms with Crippen molar-refractivity contribution in [3.63, 3.8) is 0 Å². The molecule has 146 valence electrons. The number of aromatic nitrogens is 3. The van der Waals surface area contributed by atoms with Gasteiger partial charge in [0.15, 0.2) is 11.0 Å². The third-order valence-corrected chi connectivity index (χ3v) is 5.15. The van der Waals surface area contributed by atoms with Gasteiger partial charge in [0.05, 0.1) is 12.9 Å². The monoisotopic (exact) mass is 416 g/mol. The van der Waals surface area contributed by atoms with E-state index in [4.69, 9.17) is 16.3 Å². The van der Waals surface area contributed by atoms with Gasteiger partial charge in [-0.25, -0.2) is 0 Å². The zero-order valence-corrected chi connectivity index (χ0v) is 17.4. The van der Waals surface area contributed by atoms with Gasteiger partial charge in [-0.2, -0.15) is 0 Å². The van der Waals surface area contributed by atoms with E-state index in [1.807, 2.05) is 28.8 Å². The Hall–Kier alpha value is -2.51. The quantitative estimate of drug-likeness (QED) is 0.553. The highest BCUT2D eigenvalue weighted by molar-refractivity contribution is 7.99. The predicted molar refractivity (Wildman–Crippen MR) is 113 cm³/mol. The Morgan fingerprint density at radius 1 is 1.21 bits per heavy atom. The SMILES string of the molecule is COc1ccc(-c2nnc(SCC(=O)Nc3cccc(Cl)c3)n2C(C)C)cc1. The van der Waals surface area contributed by atoms with E-state index in [-0.39, 0.29) is 17.7 Å². The van der Waals surface area contributed by atoms with Crippen LogP contribution in [0.25, 0.3) is 11.4 Å². The Kier molecular flexibility index (Phi) is 6.59. The largest absolute Gasteiger partial charge is 0.497 e. The lowest BCUT2D eigenvalue weighted by Crippen LogP contribution is -2.15. The van der Waals surface area contributed by atoms with Crippen LogP contribution in [0.4, 0.5) is 5.69 Å². The van der Waals surface area contributed by atoms with Crippen LogP contribution in [0.1, 0.15) is 19.9 Å². The van der Waals surface area contributed by atoms with Crippen molar-refractivity contribution in [1.82, 2.24) is 14.8 Å². The van der Waals surface area contributed by atoms with Crippen LogP contribution in [0.3, 0.4) is 0 Å². The number of hydrogen-bond acceptors (Lipinski definition) is 5. The molecular formula is C20H21ClN4O2S. The van der Waals surface area contributed by atoms with Crippen LogP contribution < -0.4 is 10.1 Å². The van der Waals surface area contributed by atoms with Crippen molar-refractivity contribution < 1.29 is 9.53 Å². The minimum Gasteiger partial charge on any atom is -0.497 e. The number of thioether (sulfide) groups is 1. The van der Waals surface area contributed by atoms with Gasteiger partial charge in [0.1, 0.15) is 5.75 Å². The van der Waals surface area contributed by atoms with Crippen molar-refractivity contribution in [2.24, 2.45) is 0 Å². The number of nitrogens with zero attached hydrogens (tertiary/aromatic N) is 3. The Balaban J connectivity index is 1.73. The first-order chi connectivity index (χ1) is 13.5. The van der Waals surface area contributed by atoms with Crippen LogP contribution in [0, 0.1) is 0 Å². The van der Waals surface area contributed by atoms with E-state index in [1.165, 1.54) is 11.8 Å². The predicted octanol–water partition coefficient (Wildman–Crippen LogP) is 4.92. The number of carbonyl (C=O) groups is 1. The summed E-state index contributed by atoms with van der Waals surface area (Å²) in [6.07, 6.45) is 0. The fraction of sp³-hybridized carbons (Fsp3) is 0.250. The fourth-order valence-corrected chi connectivity index (χ4v) is 3.73. The summed E-state index contributed by atoms with van der Waals surface area (Å²) in [7, 11) is 1.63. The number of amides is 1. The molecule has 2 aromatic carbocycles. The molecule has 3 aromatic rings. The number of hydrogen-bond donors (Lipinski definition) is 1. The van der Waals surface area contributed by atoms with Crippen molar-refractivity contribution in [2.45, 2.75) is 25.0 Å². The molecule has 8 heteroatoms. The third kappa shape index (κ3) is 4.85. The van der Waals surface area contributed by atoms with Gasteiger partial charge in [-0.05, 0) is 56.3 Å². The van der Waals surface area contributed by atoms with E-state index in [0.29, 0.717) is 15.9 Å². The van der Waals surface area contributed by atoms with E-state index in [2.05, 4.69) is 29.4 Å². The Morgan fingerprint density at radius 2 is 1.96 bits per heavy atom. The lowest BCUT2D eigenvalue weighted by atomic mass is 10.2. The summed E-state index contributed by atoms with van der Waals surface area (Å²) in [6.45, 7) is 4.12. The molecule has 0 radical (unpaired) electrons. The zero-order chi connectivity index (χ0) is 20.1. The number of anilines is 1. The van der Waals surface area contributed by atoms with Crippen molar-refractivity contribution in [2.75, 3.05) is 18.2 Å². The number of nitrogens with one attached hydrogen (secondary N) is 1. The molecule has 0 aliphatic heterocycles. The summed E-state index contributed by atoms with van der Waals surface area (Å²) in [6, 6.07) is 14.9. The highest BCUT2D eigenvalue weighted by Gasteiger charge is 2.18. The Bertz CT molecular complexity index is 957. The normalized spacial score (nSPS) is 10.9. The van der Waals surface area contributed by atoms with Crippen LogP contribution in [0.2, 0.25) is 5.02 Å². The number of rotatable bonds is 7. The smallest absolute Gasteiger partial charge is 0.234 e. The molecule has 0 saturated heterocycles. The summed E-state index contributed by atoms with van der Waals surface area (Å²) >= 11 is 7.30. The van der Waals surface area contributed by atoms with E-state index in [9.17, 15) is 4.79 Å². The van der Waals surface area contributed by atoms with E-state index in [1.54, 1.807) is 31.4 Å². The second kappa shape index (κ2) is 9.12. The maximum Gasteiger partial charge on any atom is 0.234 e. The molecule has 1 amide bonds. The first kappa shape index (κ1) is 20.2. The molecular weight excluding hydrogens is 396 g/mol. The average Bonchev–Trinajstić information content (AvgIpc) is 3.11. The highest BCUT2D eigenvalue weighted by Crippen LogP contribution is 2.29. The van der Waals surface area contributed by atoms with Crippen LogP contribution >= 0.6 is 23.4 Å². The molecule has 0 aliphatic carbocycles. The first-order valence-corrected chi connectivity index (χ1v) is 10.1. The zero-order valence-electron chi connectivity index (χ0n) is 15.8. The lowest BCUT2D eigenvalue weighted by Gasteiger charge is -2.14. The Labute approximate surface area is 173 Å². The molecule has 28 heavy (non-hydrogen) atoms. The molecule has 0 spiro atoms. The van der Waals surface area contributed by atoms with Crippen LogP contribution in [0.15, 0.2) is 53.7 Å². The lowest BCUT2D eigenvalue weighted by molar-refractivity contribution is -0.113. The standard InChI is InChI=1S/C20H21ClN4O2S/c1-13(2)25-19(14-7-9-17(27-3)10-8-14)23-24-20(25)28-12-18(26)22-16-6-4-5-15(21)11-16/h4-11,13H,12H2,1-3H3,(H,22,26). The summed E-state index contributed by atoms with van der Waals surface area (Å²) in [5.41, 5.74) is 1.61. The minimum atomic E-state index is -0.128. The van der Waals surface area contributed by atoms with Crippen molar-refractivity contribution in [3.05, 3.63) is 53.6 Å². The third-order valence-electron chi connectivity index (χ3n) is 3.97. The van der Waals surface area contributed by atoms with Crippen LogP contribution in [-0.2, 0) is 4.79 Å². The van der Waals surface area contributed by atoms with Gasteiger partial charge in [-0.15, -0.1) is 10.2 Å². The second-order valence-electron chi connectivity index (χ2n) is 6.35. The number of methoxy groups -OCH3 is 1. The molecule has 0 fully saturated rings. The maximum atomic E-state index is 12.3. The number of halogens is 1. The number of ether oxygens (including phenoxy) is 1. The molecule has 3 rings (SSSR count). The van der Waals surface area contributed by atoms with E-state index in [0.717, 1.165) is 17.1 Å². The second-order valence-corrected chi connectivity index (χ2v) is 7.72. The molecule has 1 heterocycles. The summed E-state index contributed by atoms with van der Waals surface area (Å²) in [4.78, 5) is 12.3. The molecule has 0 atom stereocenters. The molecule has 0 unspecified atom stereocenters. The van der Waals surface area contributed by atoms with Gasteiger partial charge in [0.2, 0.25) is 5.91 Å². The minimum absolute atomic E-state index is 0.128. The van der Waals surface area contributed by atoms with E-state index >= 15 is 0 Å². The Morgan fingerprint density at radius 3 is 2.61 bits per heavy atom. The molecule has 1 aromatic heterocycles. The molecule has 0 bridgehead atoms. The highest BCUT2D eigenvalue weighted by atomic mass is 35.5.